The summed E-state index contributed by atoms with van der Waals surface area (Å²) in [6.45, 7) is 3.25. The van der Waals surface area contributed by atoms with Crippen LogP contribution in [0.5, 0.6) is 5.88 Å². The highest BCUT2D eigenvalue weighted by atomic mass is 16.5. The summed E-state index contributed by atoms with van der Waals surface area (Å²) in [7, 11) is 0. The molecule has 86 valence electrons. The maximum atomic E-state index is 5.78. The van der Waals surface area contributed by atoms with Gasteiger partial charge in [0, 0.05) is 12.4 Å². The minimum Gasteiger partial charge on any atom is -0.475 e. The number of aromatic nitrogens is 2. The summed E-state index contributed by atoms with van der Waals surface area (Å²) in [6, 6.07) is 0. The first-order chi connectivity index (χ1) is 7.89. The molecule has 0 aliphatic carbocycles. The van der Waals surface area contributed by atoms with Crippen molar-refractivity contribution >= 4 is 0 Å². The number of nitrogens with zero attached hydrogens (tertiary/aromatic N) is 3. The zero-order valence-electron chi connectivity index (χ0n) is 9.43. The maximum Gasteiger partial charge on any atom is 0.232 e. The summed E-state index contributed by atoms with van der Waals surface area (Å²) in [6.07, 6.45) is 10.2. The average molecular weight is 219 g/mol. The van der Waals surface area contributed by atoms with Crippen molar-refractivity contribution in [1.29, 1.82) is 0 Å². The molecule has 0 unspecified atom stereocenters. The third-order valence-electron chi connectivity index (χ3n) is 3.84. The second-order valence-electron chi connectivity index (χ2n) is 4.75. The summed E-state index contributed by atoms with van der Waals surface area (Å²) in [5.74, 6) is 0.649. The molecule has 0 amide bonds. The molecule has 2 saturated heterocycles. The molecule has 0 atom stereocenters. The fraction of sp³-hybridized carbons (Fsp3) is 0.667. The molecule has 0 radical (unpaired) electrons. The van der Waals surface area contributed by atoms with Gasteiger partial charge in [-0.1, -0.05) is 0 Å². The molecular weight excluding hydrogens is 202 g/mol. The predicted molar refractivity (Wildman–Crippen MR) is 60.3 cm³/mol. The van der Waals surface area contributed by atoms with E-state index >= 15 is 0 Å². The Morgan fingerprint density at radius 1 is 1.25 bits per heavy atom. The normalized spacial score (nSPS) is 23.2. The number of fused-ring (bicyclic) bond motifs is 1. The summed E-state index contributed by atoms with van der Waals surface area (Å²) in [5.41, 5.74) is 0.303. The molecule has 3 heterocycles. The van der Waals surface area contributed by atoms with Crippen LogP contribution in [0, 0.1) is 0 Å². The second kappa shape index (κ2) is 4.01. The van der Waals surface area contributed by atoms with Crippen molar-refractivity contribution in [3.05, 3.63) is 18.6 Å². The molecule has 1 aromatic heterocycles. The lowest BCUT2D eigenvalue weighted by Crippen LogP contribution is -2.43. The Labute approximate surface area is 95.7 Å². The number of hydrogen-bond acceptors (Lipinski definition) is 4. The van der Waals surface area contributed by atoms with Gasteiger partial charge < -0.3 is 4.74 Å². The van der Waals surface area contributed by atoms with Crippen molar-refractivity contribution in [1.82, 2.24) is 14.9 Å². The predicted octanol–water partition coefficient (Wildman–Crippen LogP) is 1.48. The smallest absolute Gasteiger partial charge is 0.232 e. The summed E-state index contributed by atoms with van der Waals surface area (Å²) in [5, 5.41) is 0. The topological polar surface area (TPSA) is 38.2 Å². The Morgan fingerprint density at radius 3 is 2.75 bits per heavy atom. The molecule has 1 aromatic rings. The molecule has 2 fully saturated rings. The molecular formula is C12H17N3O. The van der Waals surface area contributed by atoms with Crippen molar-refractivity contribution in [2.45, 2.75) is 31.2 Å². The lowest BCUT2D eigenvalue weighted by molar-refractivity contribution is 0.110. The standard InChI is InChI=1S/C12H17N3O/c1-3-12(4-2-8-15(12)7-1)10-16-11-9-13-5-6-14-11/h5-6,9H,1-4,7-8,10H2. The van der Waals surface area contributed by atoms with E-state index in [0.29, 0.717) is 11.4 Å². The highest BCUT2D eigenvalue weighted by Crippen LogP contribution is 2.38. The van der Waals surface area contributed by atoms with Crippen LogP contribution in [0.3, 0.4) is 0 Å². The van der Waals surface area contributed by atoms with Crippen LogP contribution in [-0.4, -0.2) is 40.1 Å². The molecule has 0 saturated carbocycles. The zero-order valence-corrected chi connectivity index (χ0v) is 9.43. The third-order valence-corrected chi connectivity index (χ3v) is 3.84. The van der Waals surface area contributed by atoms with E-state index in [1.165, 1.54) is 38.8 Å². The summed E-state index contributed by atoms with van der Waals surface area (Å²) in [4.78, 5) is 10.7. The monoisotopic (exact) mass is 219 g/mol. The molecule has 0 spiro atoms. The van der Waals surface area contributed by atoms with E-state index in [0.717, 1.165) is 6.61 Å². The third kappa shape index (κ3) is 1.67. The van der Waals surface area contributed by atoms with Crippen LogP contribution in [-0.2, 0) is 0 Å². The fourth-order valence-corrected chi connectivity index (χ4v) is 3.03. The van der Waals surface area contributed by atoms with Crippen LogP contribution in [0.15, 0.2) is 18.6 Å². The molecule has 0 bridgehead atoms. The van der Waals surface area contributed by atoms with Crippen molar-refractivity contribution in [2.24, 2.45) is 0 Å². The van der Waals surface area contributed by atoms with Gasteiger partial charge in [0.05, 0.1) is 11.7 Å². The number of rotatable bonds is 3. The van der Waals surface area contributed by atoms with Gasteiger partial charge in [-0.05, 0) is 38.8 Å². The van der Waals surface area contributed by atoms with Crippen molar-refractivity contribution in [2.75, 3.05) is 19.7 Å². The van der Waals surface area contributed by atoms with E-state index in [2.05, 4.69) is 14.9 Å². The lowest BCUT2D eigenvalue weighted by atomic mass is 9.95. The Balaban J connectivity index is 1.66. The SMILES string of the molecule is c1cnc(OCC23CCCN2CCC3)cn1. The number of hydrogen-bond donors (Lipinski definition) is 0. The van der Waals surface area contributed by atoms with E-state index in [9.17, 15) is 0 Å². The van der Waals surface area contributed by atoms with Crippen LogP contribution >= 0.6 is 0 Å². The molecule has 0 aromatic carbocycles. The molecule has 16 heavy (non-hydrogen) atoms. The van der Waals surface area contributed by atoms with Gasteiger partial charge in [-0.15, -0.1) is 0 Å². The first-order valence-electron chi connectivity index (χ1n) is 6.03. The van der Waals surface area contributed by atoms with E-state index in [-0.39, 0.29) is 0 Å². The average Bonchev–Trinajstić information content (AvgIpc) is 2.87. The highest BCUT2D eigenvalue weighted by Gasteiger charge is 2.44. The van der Waals surface area contributed by atoms with E-state index in [4.69, 9.17) is 4.74 Å². The Morgan fingerprint density at radius 2 is 2.06 bits per heavy atom. The summed E-state index contributed by atoms with van der Waals surface area (Å²) >= 11 is 0. The minimum atomic E-state index is 0.303. The van der Waals surface area contributed by atoms with Gasteiger partial charge in [-0.2, -0.15) is 0 Å². The van der Waals surface area contributed by atoms with Gasteiger partial charge in [0.1, 0.15) is 6.61 Å². The summed E-state index contributed by atoms with van der Waals surface area (Å²) < 4.78 is 5.78. The van der Waals surface area contributed by atoms with Crippen molar-refractivity contribution in [3.8, 4) is 5.88 Å². The fourth-order valence-electron chi connectivity index (χ4n) is 3.03. The molecule has 2 aliphatic rings. The van der Waals surface area contributed by atoms with E-state index in [1.54, 1.807) is 18.6 Å². The molecule has 4 heteroatoms. The van der Waals surface area contributed by atoms with E-state index < -0.39 is 0 Å². The van der Waals surface area contributed by atoms with Gasteiger partial charge in [0.25, 0.3) is 0 Å². The largest absolute Gasteiger partial charge is 0.475 e. The van der Waals surface area contributed by atoms with Crippen LogP contribution in [0.4, 0.5) is 0 Å². The van der Waals surface area contributed by atoms with Gasteiger partial charge in [-0.3, -0.25) is 9.88 Å². The van der Waals surface area contributed by atoms with Crippen molar-refractivity contribution < 1.29 is 4.74 Å². The van der Waals surface area contributed by atoms with Gasteiger partial charge in [0.2, 0.25) is 5.88 Å². The second-order valence-corrected chi connectivity index (χ2v) is 4.75. The Kier molecular flexibility index (Phi) is 2.52. The van der Waals surface area contributed by atoms with Crippen LogP contribution < -0.4 is 4.74 Å². The molecule has 4 nitrogen and oxygen atoms in total. The van der Waals surface area contributed by atoms with Crippen LogP contribution in [0.2, 0.25) is 0 Å². The lowest BCUT2D eigenvalue weighted by Gasteiger charge is -2.31. The van der Waals surface area contributed by atoms with Crippen LogP contribution in [0.1, 0.15) is 25.7 Å². The highest BCUT2D eigenvalue weighted by molar-refractivity contribution is 5.05. The van der Waals surface area contributed by atoms with Crippen LogP contribution in [0.25, 0.3) is 0 Å². The quantitative estimate of drug-likeness (QED) is 0.772. The first-order valence-corrected chi connectivity index (χ1v) is 6.03. The zero-order chi connectivity index (χ0) is 10.8. The minimum absolute atomic E-state index is 0.303. The molecule has 2 aliphatic heterocycles. The van der Waals surface area contributed by atoms with Gasteiger partial charge in [-0.25, -0.2) is 4.98 Å². The maximum absolute atomic E-state index is 5.78. The Hall–Kier alpha value is -1.16. The van der Waals surface area contributed by atoms with Gasteiger partial charge in [0.15, 0.2) is 0 Å². The Bertz CT molecular complexity index is 345. The van der Waals surface area contributed by atoms with Gasteiger partial charge >= 0.3 is 0 Å². The first kappa shape index (κ1) is 10.0. The number of ether oxygens (including phenoxy) is 1. The van der Waals surface area contributed by atoms with E-state index in [1.807, 2.05) is 0 Å². The van der Waals surface area contributed by atoms with Crippen molar-refractivity contribution in [3.63, 3.8) is 0 Å². The molecule has 0 N–H and O–H groups in total. The molecule has 3 rings (SSSR count).